The van der Waals surface area contributed by atoms with E-state index in [4.69, 9.17) is 20.8 Å². The predicted octanol–water partition coefficient (Wildman–Crippen LogP) is 1.27. The molecule has 78 valence electrons. The van der Waals surface area contributed by atoms with Crippen LogP contribution >= 0.6 is 11.6 Å². The van der Waals surface area contributed by atoms with Gasteiger partial charge in [-0.25, -0.2) is 0 Å². The summed E-state index contributed by atoms with van der Waals surface area (Å²) in [6, 6.07) is 3.34. The first-order valence-corrected chi connectivity index (χ1v) is 4.63. The van der Waals surface area contributed by atoms with Crippen molar-refractivity contribution in [2.24, 2.45) is 0 Å². The second-order valence-corrected chi connectivity index (χ2v) is 2.86. The van der Waals surface area contributed by atoms with E-state index in [1.54, 1.807) is 12.1 Å². The second-order valence-electron chi connectivity index (χ2n) is 2.60. The monoisotopic (exact) mass is 226 g/mol. The van der Waals surface area contributed by atoms with E-state index in [0.29, 0.717) is 23.4 Å². The molecule has 2 aromatic rings. The number of ether oxygens (including phenoxy) is 1. The third kappa shape index (κ3) is 2.04. The van der Waals surface area contributed by atoms with Crippen LogP contribution < -0.4 is 4.74 Å². The van der Waals surface area contributed by atoms with Crippen LogP contribution in [0.5, 0.6) is 5.88 Å². The molecule has 0 fully saturated rings. The molecular weight excluding hydrogens is 220 g/mol. The number of hydrogen-bond donors (Lipinski definition) is 0. The third-order valence-corrected chi connectivity index (χ3v) is 1.88. The summed E-state index contributed by atoms with van der Waals surface area (Å²) in [5.41, 5.74) is 0.486. The smallest absolute Gasteiger partial charge is 0.268 e. The predicted molar refractivity (Wildman–Crippen MR) is 51.4 cm³/mol. The molecule has 7 heteroatoms. The van der Waals surface area contributed by atoms with E-state index in [1.807, 2.05) is 0 Å². The lowest BCUT2D eigenvalue weighted by molar-refractivity contribution is 0.392. The van der Waals surface area contributed by atoms with Crippen LogP contribution in [-0.2, 0) is 5.88 Å². The minimum Gasteiger partial charge on any atom is -0.480 e. The molecule has 0 bridgehead atoms. The zero-order valence-electron chi connectivity index (χ0n) is 7.85. The Hall–Kier alpha value is -1.69. The number of aromatic nitrogens is 4. The zero-order valence-corrected chi connectivity index (χ0v) is 8.60. The minimum atomic E-state index is 0.177. The SMILES string of the molecule is COc1ccc(-c2nnc(CCl)o2)nn1. The van der Waals surface area contributed by atoms with E-state index in [0.717, 1.165) is 0 Å². The fourth-order valence-corrected chi connectivity index (χ4v) is 1.06. The van der Waals surface area contributed by atoms with Crippen LogP contribution in [0, 0.1) is 0 Å². The maximum atomic E-state index is 5.52. The van der Waals surface area contributed by atoms with Crippen molar-refractivity contribution in [1.82, 2.24) is 20.4 Å². The Morgan fingerprint density at radius 2 is 2.13 bits per heavy atom. The van der Waals surface area contributed by atoms with Crippen LogP contribution in [0.4, 0.5) is 0 Å². The molecule has 0 amide bonds. The molecule has 0 aliphatic rings. The van der Waals surface area contributed by atoms with Crippen LogP contribution in [0.3, 0.4) is 0 Å². The summed E-state index contributed by atoms with van der Waals surface area (Å²) in [5.74, 6) is 1.25. The summed E-state index contributed by atoms with van der Waals surface area (Å²) in [6.07, 6.45) is 0. The average Bonchev–Trinajstić information content (AvgIpc) is 2.78. The molecule has 0 spiro atoms. The molecule has 0 aromatic carbocycles. The largest absolute Gasteiger partial charge is 0.480 e. The Bertz CT molecular complexity index is 442. The van der Waals surface area contributed by atoms with Crippen molar-refractivity contribution < 1.29 is 9.15 Å². The first kappa shape index (κ1) is 9.85. The van der Waals surface area contributed by atoms with E-state index in [1.165, 1.54) is 7.11 Å². The van der Waals surface area contributed by atoms with Gasteiger partial charge in [0.2, 0.25) is 11.8 Å². The van der Waals surface area contributed by atoms with E-state index < -0.39 is 0 Å². The molecule has 15 heavy (non-hydrogen) atoms. The van der Waals surface area contributed by atoms with Crippen molar-refractivity contribution in [2.75, 3.05) is 7.11 Å². The molecule has 0 saturated carbocycles. The van der Waals surface area contributed by atoms with Crippen molar-refractivity contribution >= 4 is 11.6 Å². The fourth-order valence-electron chi connectivity index (χ4n) is 0.954. The lowest BCUT2D eigenvalue weighted by atomic mass is 10.4. The third-order valence-electron chi connectivity index (χ3n) is 1.65. The van der Waals surface area contributed by atoms with Crippen molar-refractivity contribution in [1.29, 1.82) is 0 Å². The van der Waals surface area contributed by atoms with Crippen molar-refractivity contribution in [3.8, 4) is 17.5 Å². The molecule has 0 N–H and O–H groups in total. The van der Waals surface area contributed by atoms with Gasteiger partial charge in [0.25, 0.3) is 5.89 Å². The normalized spacial score (nSPS) is 10.3. The van der Waals surface area contributed by atoms with Crippen LogP contribution in [-0.4, -0.2) is 27.5 Å². The van der Waals surface area contributed by atoms with Crippen LogP contribution in [0.15, 0.2) is 16.5 Å². The van der Waals surface area contributed by atoms with Gasteiger partial charge in [0.15, 0.2) is 5.69 Å². The lowest BCUT2D eigenvalue weighted by Gasteiger charge is -1.96. The summed E-state index contributed by atoms with van der Waals surface area (Å²) < 4.78 is 10.1. The van der Waals surface area contributed by atoms with Crippen molar-refractivity contribution in [3.05, 3.63) is 18.0 Å². The molecule has 0 aliphatic heterocycles. The molecule has 2 rings (SSSR count). The Morgan fingerprint density at radius 1 is 1.27 bits per heavy atom. The average molecular weight is 227 g/mol. The Balaban J connectivity index is 2.28. The van der Waals surface area contributed by atoms with Gasteiger partial charge in [-0.05, 0) is 6.07 Å². The van der Waals surface area contributed by atoms with Gasteiger partial charge < -0.3 is 9.15 Å². The van der Waals surface area contributed by atoms with Gasteiger partial charge in [-0.3, -0.25) is 0 Å². The topological polar surface area (TPSA) is 73.9 Å². The number of methoxy groups -OCH3 is 1. The second kappa shape index (κ2) is 4.22. The standard InChI is InChI=1S/C8H7ClN4O2/c1-14-6-3-2-5(10-11-6)8-13-12-7(4-9)15-8/h2-3H,4H2,1H3. The van der Waals surface area contributed by atoms with E-state index in [9.17, 15) is 0 Å². The van der Waals surface area contributed by atoms with Gasteiger partial charge >= 0.3 is 0 Å². The number of alkyl halides is 1. The molecular formula is C8H7ClN4O2. The number of nitrogens with zero attached hydrogens (tertiary/aromatic N) is 4. The van der Waals surface area contributed by atoms with Gasteiger partial charge in [-0.1, -0.05) is 0 Å². The van der Waals surface area contributed by atoms with Gasteiger partial charge in [0, 0.05) is 6.07 Å². The minimum absolute atomic E-state index is 0.177. The van der Waals surface area contributed by atoms with Crippen LogP contribution in [0.25, 0.3) is 11.6 Å². The van der Waals surface area contributed by atoms with Gasteiger partial charge in [-0.2, -0.15) is 0 Å². The molecule has 2 heterocycles. The maximum absolute atomic E-state index is 5.52. The Labute approximate surface area is 90.2 Å². The van der Waals surface area contributed by atoms with Crippen LogP contribution in [0.1, 0.15) is 5.89 Å². The first-order chi connectivity index (χ1) is 7.33. The molecule has 0 aliphatic carbocycles. The number of hydrogen-bond acceptors (Lipinski definition) is 6. The zero-order chi connectivity index (χ0) is 10.7. The molecule has 0 atom stereocenters. The molecule has 2 aromatic heterocycles. The van der Waals surface area contributed by atoms with E-state index in [2.05, 4.69) is 20.4 Å². The molecule has 0 unspecified atom stereocenters. The fraction of sp³-hybridized carbons (Fsp3) is 0.250. The molecule has 0 saturated heterocycles. The highest BCUT2D eigenvalue weighted by Gasteiger charge is 2.09. The number of rotatable bonds is 3. The van der Waals surface area contributed by atoms with Crippen LogP contribution in [0.2, 0.25) is 0 Å². The maximum Gasteiger partial charge on any atom is 0.268 e. The highest BCUT2D eigenvalue weighted by atomic mass is 35.5. The first-order valence-electron chi connectivity index (χ1n) is 4.10. The highest BCUT2D eigenvalue weighted by molar-refractivity contribution is 6.16. The summed E-state index contributed by atoms with van der Waals surface area (Å²) in [7, 11) is 1.52. The lowest BCUT2D eigenvalue weighted by Crippen LogP contribution is -1.92. The number of halogens is 1. The molecule has 6 nitrogen and oxygen atoms in total. The summed E-state index contributed by atoms with van der Waals surface area (Å²) in [5, 5.41) is 15.1. The summed E-state index contributed by atoms with van der Waals surface area (Å²) in [6.45, 7) is 0. The van der Waals surface area contributed by atoms with Crippen molar-refractivity contribution in [2.45, 2.75) is 5.88 Å². The summed E-state index contributed by atoms with van der Waals surface area (Å²) >= 11 is 5.52. The van der Waals surface area contributed by atoms with Crippen molar-refractivity contribution in [3.63, 3.8) is 0 Å². The van der Waals surface area contributed by atoms with Gasteiger partial charge in [0.1, 0.15) is 5.88 Å². The van der Waals surface area contributed by atoms with Gasteiger partial charge in [0.05, 0.1) is 7.11 Å². The van der Waals surface area contributed by atoms with E-state index >= 15 is 0 Å². The van der Waals surface area contributed by atoms with E-state index in [-0.39, 0.29) is 5.88 Å². The Morgan fingerprint density at radius 3 is 2.67 bits per heavy atom. The summed E-state index contributed by atoms with van der Waals surface area (Å²) in [4.78, 5) is 0. The van der Waals surface area contributed by atoms with Gasteiger partial charge in [-0.15, -0.1) is 32.0 Å². The Kier molecular flexibility index (Phi) is 2.77. The highest BCUT2D eigenvalue weighted by Crippen LogP contribution is 2.16. The quantitative estimate of drug-likeness (QED) is 0.734. The molecule has 0 radical (unpaired) electrons.